The van der Waals surface area contributed by atoms with Crippen LogP contribution in [0.2, 0.25) is 0 Å². The third-order valence-corrected chi connectivity index (χ3v) is 3.36. The van der Waals surface area contributed by atoms with Gasteiger partial charge in [0.1, 0.15) is 5.54 Å². The zero-order valence-corrected chi connectivity index (χ0v) is 10.6. The van der Waals surface area contributed by atoms with Crippen LogP contribution in [0.4, 0.5) is 4.79 Å². The second-order valence-corrected chi connectivity index (χ2v) is 4.69. The lowest BCUT2D eigenvalue weighted by Crippen LogP contribution is -2.61. The zero-order valence-electron chi connectivity index (χ0n) is 10.6. The molecule has 6 heteroatoms. The van der Waals surface area contributed by atoms with Gasteiger partial charge in [0.25, 0.3) is 0 Å². The normalized spacial score (nSPS) is 16.2. The Hall–Kier alpha value is -2.11. The summed E-state index contributed by atoms with van der Waals surface area (Å²) in [6.45, 7) is 0.429. The standard InChI is InChI=1S/C13H17N3O3/c17-11(18)13(6-3-7-13)16-12(19)15-9-5-10-4-1-2-8-14-10/h1-2,4,8H,3,5-7,9H2,(H,17,18)(H2,15,16,19). The molecule has 0 saturated heterocycles. The Labute approximate surface area is 111 Å². The molecule has 0 radical (unpaired) electrons. The van der Waals surface area contributed by atoms with Crippen molar-refractivity contribution in [3.63, 3.8) is 0 Å². The largest absolute Gasteiger partial charge is 0.480 e. The quantitative estimate of drug-likeness (QED) is 0.737. The van der Waals surface area contributed by atoms with E-state index in [0.717, 1.165) is 12.1 Å². The second-order valence-electron chi connectivity index (χ2n) is 4.69. The van der Waals surface area contributed by atoms with Crippen molar-refractivity contribution in [3.05, 3.63) is 30.1 Å². The molecule has 6 nitrogen and oxygen atoms in total. The number of aliphatic carboxylic acids is 1. The maximum atomic E-state index is 11.6. The summed E-state index contributed by atoms with van der Waals surface area (Å²) in [5.41, 5.74) is -0.172. The molecular weight excluding hydrogens is 246 g/mol. The molecule has 1 aromatic heterocycles. The molecular formula is C13H17N3O3. The van der Waals surface area contributed by atoms with Crippen molar-refractivity contribution in [2.24, 2.45) is 0 Å². The van der Waals surface area contributed by atoms with Gasteiger partial charge in [0.2, 0.25) is 0 Å². The highest BCUT2D eigenvalue weighted by molar-refractivity contribution is 5.87. The van der Waals surface area contributed by atoms with Gasteiger partial charge in [-0.2, -0.15) is 0 Å². The Kier molecular flexibility index (Phi) is 3.99. The van der Waals surface area contributed by atoms with E-state index in [1.165, 1.54) is 0 Å². The smallest absolute Gasteiger partial charge is 0.329 e. The molecule has 1 aliphatic rings. The maximum Gasteiger partial charge on any atom is 0.329 e. The Morgan fingerprint density at radius 2 is 2.16 bits per heavy atom. The van der Waals surface area contributed by atoms with Crippen LogP contribution in [0, 0.1) is 0 Å². The van der Waals surface area contributed by atoms with Crippen molar-refractivity contribution in [2.75, 3.05) is 6.54 Å². The summed E-state index contributed by atoms with van der Waals surface area (Å²) >= 11 is 0. The van der Waals surface area contributed by atoms with E-state index < -0.39 is 17.5 Å². The van der Waals surface area contributed by atoms with Gasteiger partial charge in [-0.15, -0.1) is 0 Å². The van der Waals surface area contributed by atoms with Gasteiger partial charge >= 0.3 is 12.0 Å². The van der Waals surface area contributed by atoms with Gasteiger partial charge in [0.15, 0.2) is 0 Å². The molecule has 0 aliphatic heterocycles. The average Bonchev–Trinajstić information content (AvgIpc) is 2.34. The molecule has 0 atom stereocenters. The lowest BCUT2D eigenvalue weighted by atomic mass is 9.77. The van der Waals surface area contributed by atoms with Gasteiger partial charge in [-0.05, 0) is 31.4 Å². The fourth-order valence-electron chi connectivity index (χ4n) is 2.03. The Balaban J connectivity index is 1.74. The minimum absolute atomic E-state index is 0.429. The summed E-state index contributed by atoms with van der Waals surface area (Å²) in [5.74, 6) is -0.960. The highest BCUT2D eigenvalue weighted by atomic mass is 16.4. The first-order valence-corrected chi connectivity index (χ1v) is 6.32. The van der Waals surface area contributed by atoms with E-state index in [2.05, 4.69) is 15.6 Å². The van der Waals surface area contributed by atoms with Gasteiger partial charge in [-0.1, -0.05) is 6.07 Å². The summed E-state index contributed by atoms with van der Waals surface area (Å²) in [6, 6.07) is 5.16. The fraction of sp³-hybridized carbons (Fsp3) is 0.462. The summed E-state index contributed by atoms with van der Waals surface area (Å²) in [5, 5.41) is 14.3. The van der Waals surface area contributed by atoms with Crippen molar-refractivity contribution in [1.29, 1.82) is 0 Å². The Bertz CT molecular complexity index is 457. The summed E-state index contributed by atoms with van der Waals surface area (Å²) < 4.78 is 0. The number of urea groups is 1. The third kappa shape index (κ3) is 3.21. The van der Waals surface area contributed by atoms with Crippen LogP contribution in [0.5, 0.6) is 0 Å². The molecule has 1 fully saturated rings. The third-order valence-electron chi connectivity index (χ3n) is 3.36. The number of carboxylic acids is 1. The number of pyridine rings is 1. The number of aromatic nitrogens is 1. The lowest BCUT2D eigenvalue weighted by Gasteiger charge is -2.38. The van der Waals surface area contributed by atoms with E-state index in [9.17, 15) is 9.59 Å². The topological polar surface area (TPSA) is 91.3 Å². The number of carbonyl (C=O) groups excluding carboxylic acids is 1. The first-order chi connectivity index (χ1) is 9.12. The van der Waals surface area contributed by atoms with Gasteiger partial charge in [-0.3, -0.25) is 4.98 Å². The Morgan fingerprint density at radius 3 is 2.68 bits per heavy atom. The van der Waals surface area contributed by atoms with Gasteiger partial charge < -0.3 is 15.7 Å². The first-order valence-electron chi connectivity index (χ1n) is 6.32. The predicted octanol–water partition coefficient (Wildman–Crippen LogP) is 0.931. The van der Waals surface area contributed by atoms with Crippen molar-refractivity contribution in [1.82, 2.24) is 15.6 Å². The molecule has 1 aromatic rings. The van der Waals surface area contributed by atoms with E-state index in [0.29, 0.717) is 25.8 Å². The number of hydrogen-bond acceptors (Lipinski definition) is 3. The Morgan fingerprint density at radius 1 is 1.37 bits per heavy atom. The van der Waals surface area contributed by atoms with Gasteiger partial charge in [0, 0.05) is 24.9 Å². The number of hydrogen-bond donors (Lipinski definition) is 3. The summed E-state index contributed by atoms with van der Waals surface area (Å²) in [4.78, 5) is 26.9. The lowest BCUT2D eigenvalue weighted by molar-refractivity contribution is -0.148. The molecule has 102 valence electrons. The SMILES string of the molecule is O=C(NCCc1ccccn1)NC1(C(=O)O)CCC1. The number of nitrogens with one attached hydrogen (secondary N) is 2. The van der Waals surface area contributed by atoms with Crippen molar-refractivity contribution in [2.45, 2.75) is 31.2 Å². The average molecular weight is 263 g/mol. The molecule has 3 N–H and O–H groups in total. The minimum atomic E-state index is -1.06. The monoisotopic (exact) mass is 263 g/mol. The van der Waals surface area contributed by atoms with Crippen LogP contribution >= 0.6 is 0 Å². The molecule has 0 spiro atoms. The van der Waals surface area contributed by atoms with E-state index in [-0.39, 0.29) is 0 Å². The molecule has 1 saturated carbocycles. The summed E-state index contributed by atoms with van der Waals surface area (Å²) in [6.07, 6.45) is 4.14. The molecule has 2 amide bonds. The zero-order chi connectivity index (χ0) is 13.7. The number of carboxylic acid groups (broad SMARTS) is 1. The van der Waals surface area contributed by atoms with Crippen LogP contribution in [0.15, 0.2) is 24.4 Å². The molecule has 19 heavy (non-hydrogen) atoms. The second kappa shape index (κ2) is 5.69. The first kappa shape index (κ1) is 13.3. The van der Waals surface area contributed by atoms with E-state index >= 15 is 0 Å². The van der Waals surface area contributed by atoms with Crippen LogP contribution in [0.25, 0.3) is 0 Å². The van der Waals surface area contributed by atoms with E-state index in [4.69, 9.17) is 5.11 Å². The van der Waals surface area contributed by atoms with Crippen LogP contribution in [-0.4, -0.2) is 34.2 Å². The summed E-state index contributed by atoms with van der Waals surface area (Å²) in [7, 11) is 0. The molecule has 0 aromatic carbocycles. The van der Waals surface area contributed by atoms with Crippen LogP contribution in [-0.2, 0) is 11.2 Å². The van der Waals surface area contributed by atoms with E-state index in [1.54, 1.807) is 6.20 Å². The van der Waals surface area contributed by atoms with Gasteiger partial charge in [0.05, 0.1) is 0 Å². The fourth-order valence-corrected chi connectivity index (χ4v) is 2.03. The predicted molar refractivity (Wildman–Crippen MR) is 68.7 cm³/mol. The van der Waals surface area contributed by atoms with Crippen molar-refractivity contribution in [3.8, 4) is 0 Å². The highest BCUT2D eigenvalue weighted by Crippen LogP contribution is 2.31. The molecule has 1 aliphatic carbocycles. The number of rotatable bonds is 5. The molecule has 2 rings (SSSR count). The number of carbonyl (C=O) groups is 2. The van der Waals surface area contributed by atoms with Crippen molar-refractivity contribution < 1.29 is 14.7 Å². The number of amides is 2. The minimum Gasteiger partial charge on any atom is -0.480 e. The maximum absolute atomic E-state index is 11.6. The van der Waals surface area contributed by atoms with Crippen molar-refractivity contribution >= 4 is 12.0 Å². The molecule has 1 heterocycles. The van der Waals surface area contributed by atoms with Gasteiger partial charge in [-0.25, -0.2) is 9.59 Å². The number of nitrogens with zero attached hydrogens (tertiary/aromatic N) is 1. The highest BCUT2D eigenvalue weighted by Gasteiger charge is 2.45. The van der Waals surface area contributed by atoms with E-state index in [1.807, 2.05) is 18.2 Å². The molecule has 0 unspecified atom stereocenters. The van der Waals surface area contributed by atoms with Crippen LogP contribution < -0.4 is 10.6 Å². The van der Waals surface area contributed by atoms with Crippen LogP contribution in [0.3, 0.4) is 0 Å². The van der Waals surface area contributed by atoms with Crippen LogP contribution in [0.1, 0.15) is 25.0 Å². The molecule has 0 bridgehead atoms.